The molecule has 0 amide bonds. The third-order valence-corrected chi connectivity index (χ3v) is 4.07. The van der Waals surface area contributed by atoms with Crippen molar-refractivity contribution >= 4 is 5.97 Å². The normalized spacial score (nSPS) is 14.9. The highest BCUT2D eigenvalue weighted by Crippen LogP contribution is 2.26. The fourth-order valence-corrected chi connectivity index (χ4v) is 2.25. The molecule has 1 aromatic carbocycles. The summed E-state index contributed by atoms with van der Waals surface area (Å²) >= 11 is 0. The zero-order valence-electron chi connectivity index (χ0n) is 13.5. The number of likely N-dealkylation sites (N-methyl/N-ethyl adjacent to an activating group) is 1. The number of nitrogens with zero attached hydrogens (tertiary/aromatic N) is 1. The van der Waals surface area contributed by atoms with Crippen LogP contribution >= 0.6 is 0 Å². The van der Waals surface area contributed by atoms with Gasteiger partial charge >= 0.3 is 5.97 Å². The lowest BCUT2D eigenvalue weighted by Crippen LogP contribution is -2.42. The van der Waals surface area contributed by atoms with Gasteiger partial charge in [-0.25, -0.2) is 0 Å². The Morgan fingerprint density at radius 1 is 1.25 bits per heavy atom. The molecule has 0 aliphatic carbocycles. The molecule has 2 atom stereocenters. The first-order valence-electron chi connectivity index (χ1n) is 7.10. The summed E-state index contributed by atoms with van der Waals surface area (Å²) < 4.78 is 4.97. The Morgan fingerprint density at radius 2 is 1.80 bits per heavy atom. The lowest BCUT2D eigenvalue weighted by molar-refractivity contribution is -0.143. The molecule has 0 bridgehead atoms. The Bertz CT molecular complexity index is 422. The van der Waals surface area contributed by atoms with Crippen molar-refractivity contribution in [3.05, 3.63) is 35.9 Å². The third-order valence-electron chi connectivity index (χ3n) is 4.07. The molecule has 0 aromatic heterocycles. The maximum atomic E-state index is 12.1. The number of rotatable bonds is 5. The van der Waals surface area contributed by atoms with Crippen LogP contribution in [0.2, 0.25) is 0 Å². The Balaban J connectivity index is 2.89. The Hall–Kier alpha value is -1.35. The number of ether oxygens (including phenoxy) is 1. The van der Waals surface area contributed by atoms with Gasteiger partial charge in [0.15, 0.2) is 0 Å². The van der Waals surface area contributed by atoms with E-state index in [0.717, 1.165) is 5.56 Å². The first-order valence-corrected chi connectivity index (χ1v) is 7.10. The van der Waals surface area contributed by atoms with E-state index in [1.807, 2.05) is 30.3 Å². The van der Waals surface area contributed by atoms with Gasteiger partial charge in [0.05, 0.1) is 13.0 Å². The minimum absolute atomic E-state index is 0.173. The van der Waals surface area contributed by atoms with Gasteiger partial charge in [0.25, 0.3) is 0 Å². The van der Waals surface area contributed by atoms with Crippen LogP contribution in [0.1, 0.15) is 39.2 Å². The number of benzene rings is 1. The van der Waals surface area contributed by atoms with Crippen molar-refractivity contribution in [3.8, 4) is 0 Å². The second kappa shape index (κ2) is 6.89. The SMILES string of the molecule is COC(=O)C(CN(C)C(C)C(C)(C)C)c1ccccc1. The fraction of sp³-hybridized carbons (Fsp3) is 0.588. The van der Waals surface area contributed by atoms with E-state index in [1.54, 1.807) is 0 Å². The summed E-state index contributed by atoms with van der Waals surface area (Å²) in [5.41, 5.74) is 1.18. The van der Waals surface area contributed by atoms with Crippen molar-refractivity contribution in [2.24, 2.45) is 5.41 Å². The van der Waals surface area contributed by atoms with E-state index < -0.39 is 0 Å². The van der Waals surface area contributed by atoms with E-state index in [0.29, 0.717) is 12.6 Å². The molecule has 1 rings (SSSR count). The van der Waals surface area contributed by atoms with E-state index in [4.69, 9.17) is 4.74 Å². The third kappa shape index (κ3) is 4.34. The van der Waals surface area contributed by atoms with Crippen LogP contribution in [0.5, 0.6) is 0 Å². The molecular weight excluding hydrogens is 250 g/mol. The van der Waals surface area contributed by atoms with Crippen LogP contribution in [0, 0.1) is 5.41 Å². The predicted molar refractivity (Wildman–Crippen MR) is 82.7 cm³/mol. The molecule has 0 saturated carbocycles. The second-order valence-corrected chi connectivity index (χ2v) is 6.47. The van der Waals surface area contributed by atoms with Crippen molar-refractivity contribution in [2.75, 3.05) is 20.7 Å². The number of esters is 1. The maximum Gasteiger partial charge on any atom is 0.314 e. The lowest BCUT2D eigenvalue weighted by atomic mass is 9.86. The minimum atomic E-state index is -0.240. The van der Waals surface area contributed by atoms with Gasteiger partial charge in [-0.05, 0) is 24.9 Å². The number of hydrogen-bond donors (Lipinski definition) is 0. The first-order chi connectivity index (χ1) is 9.27. The molecule has 0 heterocycles. The van der Waals surface area contributed by atoms with Gasteiger partial charge in [0.1, 0.15) is 0 Å². The summed E-state index contributed by atoms with van der Waals surface area (Å²) in [5.74, 6) is -0.417. The van der Waals surface area contributed by atoms with E-state index in [1.165, 1.54) is 7.11 Å². The predicted octanol–water partition coefficient (Wildman–Crippen LogP) is 3.31. The monoisotopic (exact) mass is 277 g/mol. The average Bonchev–Trinajstić information content (AvgIpc) is 2.42. The van der Waals surface area contributed by atoms with Gasteiger partial charge in [-0.15, -0.1) is 0 Å². The van der Waals surface area contributed by atoms with Gasteiger partial charge in [0.2, 0.25) is 0 Å². The van der Waals surface area contributed by atoms with Gasteiger partial charge in [-0.3, -0.25) is 4.79 Å². The molecule has 20 heavy (non-hydrogen) atoms. The minimum Gasteiger partial charge on any atom is -0.469 e. The molecular formula is C17H27NO2. The van der Waals surface area contributed by atoms with Crippen LogP contribution in [0.4, 0.5) is 0 Å². The Kier molecular flexibility index (Phi) is 5.75. The van der Waals surface area contributed by atoms with Gasteiger partial charge < -0.3 is 9.64 Å². The summed E-state index contributed by atoms with van der Waals surface area (Å²) in [7, 11) is 3.51. The van der Waals surface area contributed by atoms with Crippen LogP contribution in [0.15, 0.2) is 30.3 Å². The standard InChI is InChI=1S/C17H27NO2/c1-13(17(2,3)4)18(5)12-15(16(19)20-6)14-10-8-7-9-11-14/h7-11,13,15H,12H2,1-6H3. The molecule has 0 fully saturated rings. The summed E-state index contributed by atoms with van der Waals surface area (Å²) in [6, 6.07) is 10.2. The zero-order chi connectivity index (χ0) is 15.3. The number of hydrogen-bond acceptors (Lipinski definition) is 3. The molecule has 0 saturated heterocycles. The molecule has 2 unspecified atom stereocenters. The highest BCUT2D eigenvalue weighted by Gasteiger charge is 2.29. The maximum absolute atomic E-state index is 12.1. The van der Waals surface area contributed by atoms with E-state index in [2.05, 4.69) is 39.6 Å². The highest BCUT2D eigenvalue weighted by atomic mass is 16.5. The molecule has 3 nitrogen and oxygen atoms in total. The van der Waals surface area contributed by atoms with E-state index >= 15 is 0 Å². The Labute approximate surface area is 122 Å². The molecule has 0 spiro atoms. The van der Waals surface area contributed by atoms with Crippen molar-refractivity contribution in [2.45, 2.75) is 39.7 Å². The van der Waals surface area contributed by atoms with Crippen molar-refractivity contribution in [1.29, 1.82) is 0 Å². The Morgan fingerprint density at radius 3 is 2.25 bits per heavy atom. The number of carbonyl (C=O) groups is 1. The van der Waals surface area contributed by atoms with E-state index in [9.17, 15) is 4.79 Å². The van der Waals surface area contributed by atoms with Crippen molar-refractivity contribution in [3.63, 3.8) is 0 Å². The van der Waals surface area contributed by atoms with Crippen LogP contribution in [0.3, 0.4) is 0 Å². The topological polar surface area (TPSA) is 29.5 Å². The van der Waals surface area contributed by atoms with Crippen molar-refractivity contribution < 1.29 is 9.53 Å². The molecule has 0 radical (unpaired) electrons. The second-order valence-electron chi connectivity index (χ2n) is 6.47. The van der Waals surface area contributed by atoms with Gasteiger partial charge in [0, 0.05) is 12.6 Å². The molecule has 112 valence electrons. The smallest absolute Gasteiger partial charge is 0.314 e. The quantitative estimate of drug-likeness (QED) is 0.773. The summed E-state index contributed by atoms with van der Waals surface area (Å²) in [6.45, 7) is 9.49. The van der Waals surface area contributed by atoms with E-state index in [-0.39, 0.29) is 17.3 Å². The summed E-state index contributed by atoms with van der Waals surface area (Å²) in [6.07, 6.45) is 0. The fourth-order valence-electron chi connectivity index (χ4n) is 2.25. The summed E-state index contributed by atoms with van der Waals surface area (Å²) in [5, 5.41) is 0. The van der Waals surface area contributed by atoms with Gasteiger partial charge in [-0.1, -0.05) is 51.1 Å². The largest absolute Gasteiger partial charge is 0.469 e. The van der Waals surface area contributed by atoms with Crippen LogP contribution in [0.25, 0.3) is 0 Å². The molecule has 0 N–H and O–H groups in total. The van der Waals surface area contributed by atoms with Crippen LogP contribution in [-0.4, -0.2) is 37.6 Å². The van der Waals surface area contributed by atoms with Gasteiger partial charge in [-0.2, -0.15) is 0 Å². The summed E-state index contributed by atoms with van der Waals surface area (Å²) in [4.78, 5) is 14.3. The average molecular weight is 277 g/mol. The first kappa shape index (κ1) is 16.7. The van der Waals surface area contributed by atoms with Crippen LogP contribution < -0.4 is 0 Å². The molecule has 0 aliphatic rings. The molecule has 1 aromatic rings. The van der Waals surface area contributed by atoms with Crippen LogP contribution in [-0.2, 0) is 9.53 Å². The lowest BCUT2D eigenvalue weighted by Gasteiger charge is -2.36. The zero-order valence-corrected chi connectivity index (χ0v) is 13.5. The number of methoxy groups -OCH3 is 1. The highest BCUT2D eigenvalue weighted by molar-refractivity contribution is 5.78. The number of carbonyl (C=O) groups excluding carboxylic acids is 1. The van der Waals surface area contributed by atoms with Crippen molar-refractivity contribution in [1.82, 2.24) is 4.90 Å². The molecule has 3 heteroatoms. The molecule has 0 aliphatic heterocycles.